The Bertz CT molecular complexity index is 1340. The first-order valence-corrected chi connectivity index (χ1v) is 13.0. The molecule has 0 aliphatic heterocycles. The molecule has 0 aliphatic rings. The molecule has 0 unspecified atom stereocenters. The number of anilines is 1. The van der Waals surface area contributed by atoms with Gasteiger partial charge in [0.2, 0.25) is 5.91 Å². The Kier molecular flexibility index (Phi) is 7.10. The number of nitrogens with zero attached hydrogens (tertiary/aromatic N) is 3. The number of rotatable bonds is 9. The van der Waals surface area contributed by atoms with Gasteiger partial charge in [-0.05, 0) is 42.3 Å². The summed E-state index contributed by atoms with van der Waals surface area (Å²) in [5.74, 6) is -0.766. The van der Waals surface area contributed by atoms with Crippen molar-refractivity contribution in [3.63, 3.8) is 0 Å². The summed E-state index contributed by atoms with van der Waals surface area (Å²) in [6, 6.07) is 18.7. The minimum absolute atomic E-state index is 0.0468. The molecular weight excluding hydrogens is 461 g/mol. The summed E-state index contributed by atoms with van der Waals surface area (Å²) < 4.78 is 39.2. The number of halogens is 1. The van der Waals surface area contributed by atoms with Gasteiger partial charge in [-0.1, -0.05) is 47.7 Å². The highest BCUT2D eigenvalue weighted by atomic mass is 32.2. The van der Waals surface area contributed by atoms with Crippen molar-refractivity contribution >= 4 is 42.4 Å². The Morgan fingerprint density at radius 2 is 1.82 bits per heavy atom. The van der Waals surface area contributed by atoms with E-state index in [0.717, 1.165) is 5.56 Å². The minimum atomic E-state index is -3.34. The molecule has 2 heterocycles. The van der Waals surface area contributed by atoms with Gasteiger partial charge in [0, 0.05) is 12.6 Å². The van der Waals surface area contributed by atoms with E-state index in [4.69, 9.17) is 0 Å². The lowest BCUT2D eigenvalue weighted by Gasteiger charge is -2.19. The van der Waals surface area contributed by atoms with Gasteiger partial charge in [0.1, 0.15) is 5.82 Å². The van der Waals surface area contributed by atoms with Gasteiger partial charge in [0.15, 0.2) is 15.0 Å². The van der Waals surface area contributed by atoms with E-state index in [1.54, 1.807) is 48.7 Å². The van der Waals surface area contributed by atoms with Gasteiger partial charge in [-0.15, -0.1) is 0 Å². The van der Waals surface area contributed by atoms with Crippen molar-refractivity contribution in [1.82, 2.24) is 9.97 Å². The van der Waals surface area contributed by atoms with Crippen LogP contribution < -0.4 is 4.90 Å². The topological polar surface area (TPSA) is 80.2 Å². The number of fused-ring (bicyclic) bond motifs is 1. The van der Waals surface area contributed by atoms with Gasteiger partial charge in [0.25, 0.3) is 0 Å². The molecule has 4 rings (SSSR count). The summed E-state index contributed by atoms with van der Waals surface area (Å²) in [5, 5.41) is 0.429. The second kappa shape index (κ2) is 10.2. The van der Waals surface area contributed by atoms with E-state index in [1.807, 2.05) is 12.1 Å². The fourth-order valence-electron chi connectivity index (χ4n) is 3.40. The number of hydrogen-bond acceptors (Lipinski definition) is 6. The van der Waals surface area contributed by atoms with E-state index in [9.17, 15) is 17.6 Å². The Balaban J connectivity index is 1.48. The molecule has 1 amide bonds. The Morgan fingerprint density at radius 3 is 2.58 bits per heavy atom. The van der Waals surface area contributed by atoms with Crippen molar-refractivity contribution in [3.8, 4) is 0 Å². The van der Waals surface area contributed by atoms with E-state index in [0.29, 0.717) is 21.0 Å². The zero-order valence-corrected chi connectivity index (χ0v) is 19.4. The average Bonchev–Trinajstić information content (AvgIpc) is 3.21. The molecule has 2 aromatic heterocycles. The predicted molar refractivity (Wildman–Crippen MR) is 128 cm³/mol. The van der Waals surface area contributed by atoms with Crippen LogP contribution in [-0.4, -0.2) is 30.0 Å². The first-order valence-electron chi connectivity index (χ1n) is 10.4. The Morgan fingerprint density at radius 1 is 1.03 bits per heavy atom. The maximum absolute atomic E-state index is 13.6. The largest absolute Gasteiger partial charge is 0.282 e. The van der Waals surface area contributed by atoms with E-state index in [2.05, 4.69) is 9.97 Å². The number of benzene rings is 2. The lowest BCUT2D eigenvalue weighted by molar-refractivity contribution is -0.118. The first-order chi connectivity index (χ1) is 15.9. The van der Waals surface area contributed by atoms with Crippen molar-refractivity contribution in [1.29, 1.82) is 0 Å². The van der Waals surface area contributed by atoms with Crippen LogP contribution in [0.5, 0.6) is 0 Å². The van der Waals surface area contributed by atoms with Crippen molar-refractivity contribution in [3.05, 3.63) is 90.0 Å². The van der Waals surface area contributed by atoms with Gasteiger partial charge in [-0.3, -0.25) is 14.7 Å². The van der Waals surface area contributed by atoms with Crippen LogP contribution in [0.25, 0.3) is 10.2 Å². The highest BCUT2D eigenvalue weighted by molar-refractivity contribution is 7.90. The van der Waals surface area contributed by atoms with Crippen molar-refractivity contribution in [2.45, 2.75) is 25.1 Å². The summed E-state index contributed by atoms with van der Waals surface area (Å²) in [5.41, 5.74) is 2.00. The zero-order valence-electron chi connectivity index (χ0n) is 17.7. The number of carbonyl (C=O) groups is 1. The average molecular weight is 484 g/mol. The number of hydrogen-bond donors (Lipinski definition) is 0. The lowest BCUT2D eigenvalue weighted by atomic mass is 10.2. The Hall–Kier alpha value is -3.17. The number of sulfone groups is 1. The molecule has 0 saturated heterocycles. The number of carbonyl (C=O) groups excluding carboxylic acids is 1. The summed E-state index contributed by atoms with van der Waals surface area (Å²) in [6.07, 6.45) is 1.89. The second-order valence-electron chi connectivity index (χ2n) is 7.59. The zero-order chi connectivity index (χ0) is 23.3. The van der Waals surface area contributed by atoms with E-state index in [1.165, 1.54) is 28.4 Å². The van der Waals surface area contributed by atoms with Crippen LogP contribution in [0, 0.1) is 5.82 Å². The molecule has 4 aromatic rings. The fraction of sp³-hybridized carbons (Fsp3) is 0.208. The maximum Gasteiger partial charge on any atom is 0.229 e. The molecule has 0 bridgehead atoms. The van der Waals surface area contributed by atoms with Crippen LogP contribution in [-0.2, 0) is 26.9 Å². The van der Waals surface area contributed by atoms with Crippen LogP contribution in [0.15, 0.2) is 72.9 Å². The van der Waals surface area contributed by atoms with Crippen molar-refractivity contribution in [2.24, 2.45) is 0 Å². The van der Waals surface area contributed by atoms with E-state index >= 15 is 0 Å². The maximum atomic E-state index is 13.6. The molecule has 170 valence electrons. The molecule has 0 fully saturated rings. The Labute approximate surface area is 195 Å². The number of amides is 1. The molecule has 2 aromatic carbocycles. The van der Waals surface area contributed by atoms with Crippen LogP contribution in [0.4, 0.5) is 9.52 Å². The monoisotopic (exact) mass is 483 g/mol. The molecule has 0 saturated carbocycles. The van der Waals surface area contributed by atoms with Gasteiger partial charge in [-0.25, -0.2) is 17.8 Å². The second-order valence-corrected chi connectivity index (χ2v) is 10.8. The van der Waals surface area contributed by atoms with Crippen LogP contribution >= 0.6 is 11.3 Å². The third-order valence-corrected chi connectivity index (χ3v) is 7.72. The normalized spacial score (nSPS) is 11.5. The van der Waals surface area contributed by atoms with Crippen molar-refractivity contribution in [2.75, 3.05) is 10.7 Å². The highest BCUT2D eigenvalue weighted by Crippen LogP contribution is 2.30. The van der Waals surface area contributed by atoms with Crippen LogP contribution in [0.1, 0.15) is 24.1 Å². The lowest BCUT2D eigenvalue weighted by Crippen LogP contribution is -2.31. The fourth-order valence-corrected chi connectivity index (χ4v) is 5.83. The summed E-state index contributed by atoms with van der Waals surface area (Å²) >= 11 is 1.22. The molecule has 0 radical (unpaired) electrons. The van der Waals surface area contributed by atoms with Gasteiger partial charge < -0.3 is 0 Å². The van der Waals surface area contributed by atoms with E-state index in [-0.39, 0.29) is 42.6 Å². The van der Waals surface area contributed by atoms with Crippen LogP contribution in [0.2, 0.25) is 0 Å². The summed E-state index contributed by atoms with van der Waals surface area (Å²) in [4.78, 5) is 23.4. The molecule has 33 heavy (non-hydrogen) atoms. The molecule has 0 N–H and O–H groups in total. The summed E-state index contributed by atoms with van der Waals surface area (Å²) in [7, 11) is -3.34. The smallest absolute Gasteiger partial charge is 0.229 e. The van der Waals surface area contributed by atoms with E-state index < -0.39 is 9.84 Å². The molecule has 6 nitrogen and oxygen atoms in total. The third-order valence-electron chi connectivity index (χ3n) is 4.99. The molecule has 0 atom stereocenters. The number of aromatic nitrogens is 2. The quantitative estimate of drug-likeness (QED) is 0.343. The van der Waals surface area contributed by atoms with Crippen molar-refractivity contribution < 1.29 is 17.6 Å². The van der Waals surface area contributed by atoms with Gasteiger partial charge >= 0.3 is 0 Å². The molecule has 0 spiro atoms. The highest BCUT2D eigenvalue weighted by Gasteiger charge is 2.22. The predicted octanol–water partition coefficient (Wildman–Crippen LogP) is 4.76. The van der Waals surface area contributed by atoms with Crippen LogP contribution in [0.3, 0.4) is 0 Å². The number of pyridine rings is 1. The van der Waals surface area contributed by atoms with Gasteiger partial charge in [0.05, 0.1) is 34.0 Å². The molecular formula is C24H22FN3O3S2. The molecule has 9 heteroatoms. The minimum Gasteiger partial charge on any atom is -0.282 e. The third kappa shape index (κ3) is 6.21. The first kappa shape index (κ1) is 23.0. The summed E-state index contributed by atoms with van der Waals surface area (Å²) in [6.45, 7) is 0.193. The molecule has 0 aliphatic carbocycles. The number of thiazole rings is 1. The SMILES string of the molecule is O=C(CCCS(=O)(=O)Cc1ccccc1)N(Cc1ccccn1)c1nc2ccc(F)cc2s1. The standard InChI is InChI=1S/C24H22FN3O3S2/c25-19-11-12-21-22(15-19)32-24(27-21)28(16-20-9-4-5-13-26-20)23(29)10-6-14-33(30,31)17-18-7-2-1-3-8-18/h1-5,7-9,11-13,15H,6,10,14,16-17H2. The van der Waals surface area contributed by atoms with Gasteiger partial charge in [-0.2, -0.15) is 0 Å².